The summed E-state index contributed by atoms with van der Waals surface area (Å²) in [6, 6.07) is 16.7. The first kappa shape index (κ1) is 14.2. The maximum atomic E-state index is 4.83. The van der Waals surface area contributed by atoms with Gasteiger partial charge in [0.05, 0.1) is 11.4 Å². The number of nitrogens with zero attached hydrogens (tertiary/aromatic N) is 3. The topological polar surface area (TPSA) is 30.7 Å². The summed E-state index contributed by atoms with van der Waals surface area (Å²) in [7, 11) is 0. The van der Waals surface area contributed by atoms with Crippen LogP contribution in [0.15, 0.2) is 54.7 Å². The van der Waals surface area contributed by atoms with E-state index in [-0.39, 0.29) is 0 Å². The van der Waals surface area contributed by atoms with Crippen LogP contribution in [0.3, 0.4) is 0 Å². The zero-order valence-corrected chi connectivity index (χ0v) is 14.0. The maximum Gasteiger partial charge on any atom is 0.160 e. The van der Waals surface area contributed by atoms with E-state index in [4.69, 9.17) is 4.98 Å². The van der Waals surface area contributed by atoms with Gasteiger partial charge in [-0.3, -0.25) is 0 Å². The van der Waals surface area contributed by atoms with Gasteiger partial charge in [-0.25, -0.2) is 9.97 Å². The van der Waals surface area contributed by atoms with Crippen LogP contribution >= 0.6 is 11.3 Å². The van der Waals surface area contributed by atoms with E-state index in [1.54, 1.807) is 11.3 Å². The normalized spacial score (nSPS) is 11.2. The van der Waals surface area contributed by atoms with Crippen LogP contribution in [0.2, 0.25) is 0 Å². The van der Waals surface area contributed by atoms with E-state index >= 15 is 0 Å². The van der Waals surface area contributed by atoms with Gasteiger partial charge in [-0.1, -0.05) is 24.3 Å². The van der Waals surface area contributed by atoms with Crippen molar-refractivity contribution < 1.29 is 0 Å². The first-order valence-corrected chi connectivity index (χ1v) is 8.46. The van der Waals surface area contributed by atoms with Gasteiger partial charge in [0, 0.05) is 11.1 Å². The van der Waals surface area contributed by atoms with Crippen LogP contribution in [0.4, 0.5) is 0 Å². The molecule has 4 aromatic rings. The van der Waals surface area contributed by atoms with Gasteiger partial charge < -0.3 is 4.57 Å². The fraction of sp³-hybridized carbons (Fsp3) is 0.158. The number of thiophene rings is 1. The van der Waals surface area contributed by atoms with E-state index in [2.05, 4.69) is 59.8 Å². The van der Waals surface area contributed by atoms with Crippen molar-refractivity contribution in [2.75, 3.05) is 0 Å². The first-order chi connectivity index (χ1) is 11.2. The molecule has 23 heavy (non-hydrogen) atoms. The van der Waals surface area contributed by atoms with Gasteiger partial charge >= 0.3 is 0 Å². The van der Waals surface area contributed by atoms with E-state index in [9.17, 15) is 0 Å². The van der Waals surface area contributed by atoms with E-state index in [1.807, 2.05) is 18.3 Å². The highest BCUT2D eigenvalue weighted by atomic mass is 32.1. The molecule has 0 N–H and O–H groups in total. The predicted octanol–water partition coefficient (Wildman–Crippen LogP) is 4.82. The first-order valence-electron chi connectivity index (χ1n) is 7.65. The second-order valence-electron chi connectivity index (χ2n) is 5.70. The Balaban J connectivity index is 1.91. The van der Waals surface area contributed by atoms with Crippen LogP contribution < -0.4 is 0 Å². The fourth-order valence-electron chi connectivity index (χ4n) is 2.81. The van der Waals surface area contributed by atoms with Crippen LogP contribution in [0.1, 0.15) is 16.0 Å². The molecular weight excluding hydrogens is 302 g/mol. The molecule has 0 bridgehead atoms. The summed E-state index contributed by atoms with van der Waals surface area (Å²) in [6.07, 6.45) is 1.84. The standard InChI is InChI=1S/C19H17N3S/c1-13-6-3-4-7-15(13)12-22-18-16(8-5-11-20-18)21-19(22)17-10-9-14(2)23-17/h3-11H,12H2,1-2H3. The van der Waals surface area contributed by atoms with Gasteiger partial charge in [0.1, 0.15) is 5.52 Å². The number of benzene rings is 1. The lowest BCUT2D eigenvalue weighted by atomic mass is 10.1. The Morgan fingerprint density at radius 2 is 1.87 bits per heavy atom. The van der Waals surface area contributed by atoms with Crippen LogP contribution in [0.25, 0.3) is 21.9 Å². The molecule has 3 heterocycles. The molecule has 0 unspecified atom stereocenters. The van der Waals surface area contributed by atoms with Crippen molar-refractivity contribution in [2.24, 2.45) is 0 Å². The molecule has 0 spiro atoms. The third-order valence-electron chi connectivity index (χ3n) is 4.05. The fourth-order valence-corrected chi connectivity index (χ4v) is 3.68. The molecule has 4 heteroatoms. The van der Waals surface area contributed by atoms with Crippen molar-refractivity contribution in [1.29, 1.82) is 0 Å². The smallest absolute Gasteiger partial charge is 0.160 e. The summed E-state index contributed by atoms with van der Waals surface area (Å²) in [5.74, 6) is 1.00. The van der Waals surface area contributed by atoms with Gasteiger partial charge in [-0.15, -0.1) is 11.3 Å². The van der Waals surface area contributed by atoms with Gasteiger partial charge in [0.25, 0.3) is 0 Å². The van der Waals surface area contributed by atoms with Crippen molar-refractivity contribution in [1.82, 2.24) is 14.5 Å². The summed E-state index contributed by atoms with van der Waals surface area (Å²) in [6.45, 7) is 5.06. The highest BCUT2D eigenvalue weighted by Gasteiger charge is 2.15. The molecule has 3 nitrogen and oxygen atoms in total. The lowest BCUT2D eigenvalue weighted by molar-refractivity contribution is 0.820. The Bertz CT molecular complexity index is 981. The minimum Gasteiger partial charge on any atom is -0.304 e. The third kappa shape index (κ3) is 2.55. The summed E-state index contributed by atoms with van der Waals surface area (Å²) in [5.41, 5.74) is 4.48. The van der Waals surface area contributed by atoms with Crippen LogP contribution in [0.5, 0.6) is 0 Å². The molecule has 3 aromatic heterocycles. The summed E-state index contributed by atoms with van der Waals surface area (Å²) in [5, 5.41) is 0. The number of rotatable bonds is 3. The molecule has 0 saturated heterocycles. The number of aryl methyl sites for hydroxylation is 2. The number of pyridine rings is 1. The Morgan fingerprint density at radius 3 is 2.65 bits per heavy atom. The number of hydrogen-bond acceptors (Lipinski definition) is 3. The molecule has 4 rings (SSSR count). The molecule has 114 valence electrons. The zero-order chi connectivity index (χ0) is 15.8. The summed E-state index contributed by atoms with van der Waals surface area (Å²) < 4.78 is 2.23. The van der Waals surface area contributed by atoms with E-state index in [0.29, 0.717) is 0 Å². The van der Waals surface area contributed by atoms with Crippen molar-refractivity contribution in [2.45, 2.75) is 20.4 Å². The molecule has 0 aliphatic heterocycles. The lowest BCUT2D eigenvalue weighted by Gasteiger charge is -2.10. The van der Waals surface area contributed by atoms with Crippen molar-refractivity contribution in [3.05, 3.63) is 70.7 Å². The molecular formula is C19H17N3S. The minimum atomic E-state index is 0.784. The monoisotopic (exact) mass is 319 g/mol. The van der Waals surface area contributed by atoms with Crippen molar-refractivity contribution >= 4 is 22.5 Å². The third-order valence-corrected chi connectivity index (χ3v) is 5.05. The summed E-state index contributed by atoms with van der Waals surface area (Å²) >= 11 is 1.77. The quantitative estimate of drug-likeness (QED) is 0.542. The average molecular weight is 319 g/mol. The molecule has 0 atom stereocenters. The second-order valence-corrected chi connectivity index (χ2v) is 6.99. The van der Waals surface area contributed by atoms with Gasteiger partial charge in [-0.05, 0) is 49.2 Å². The number of imidazole rings is 1. The van der Waals surface area contributed by atoms with Gasteiger partial charge in [0.2, 0.25) is 0 Å². The number of fused-ring (bicyclic) bond motifs is 1. The Labute approximate surface area is 139 Å². The molecule has 0 aliphatic carbocycles. The van der Waals surface area contributed by atoms with Gasteiger partial charge in [-0.2, -0.15) is 0 Å². The SMILES string of the molecule is Cc1ccc(-c2nc3cccnc3n2Cc2ccccc2C)s1. The predicted molar refractivity (Wildman–Crippen MR) is 95.9 cm³/mol. The second kappa shape index (κ2) is 5.63. The van der Waals surface area contributed by atoms with Gasteiger partial charge in [0.15, 0.2) is 11.5 Å². The Morgan fingerprint density at radius 1 is 1.00 bits per heavy atom. The maximum absolute atomic E-state index is 4.83. The van der Waals surface area contributed by atoms with E-state index in [0.717, 1.165) is 23.5 Å². The van der Waals surface area contributed by atoms with Crippen LogP contribution in [-0.2, 0) is 6.54 Å². The van der Waals surface area contributed by atoms with Crippen LogP contribution in [0, 0.1) is 13.8 Å². The van der Waals surface area contributed by atoms with Crippen molar-refractivity contribution in [3.63, 3.8) is 0 Å². The van der Waals surface area contributed by atoms with E-state index in [1.165, 1.54) is 20.9 Å². The zero-order valence-electron chi connectivity index (χ0n) is 13.2. The highest BCUT2D eigenvalue weighted by molar-refractivity contribution is 7.15. The largest absolute Gasteiger partial charge is 0.304 e. The van der Waals surface area contributed by atoms with Crippen molar-refractivity contribution in [3.8, 4) is 10.7 Å². The minimum absolute atomic E-state index is 0.784. The lowest BCUT2D eigenvalue weighted by Crippen LogP contribution is -2.04. The summed E-state index contributed by atoms with van der Waals surface area (Å²) in [4.78, 5) is 11.9. The Kier molecular flexibility index (Phi) is 3.46. The molecule has 0 amide bonds. The highest BCUT2D eigenvalue weighted by Crippen LogP contribution is 2.30. The molecule has 0 radical (unpaired) electrons. The molecule has 0 fully saturated rings. The molecule has 0 saturated carbocycles. The average Bonchev–Trinajstić information content (AvgIpc) is 3.14. The van der Waals surface area contributed by atoms with Crippen LogP contribution in [-0.4, -0.2) is 14.5 Å². The molecule has 1 aromatic carbocycles. The Hall–Kier alpha value is -2.46. The van der Waals surface area contributed by atoms with E-state index < -0.39 is 0 Å². The number of hydrogen-bond donors (Lipinski definition) is 0. The number of aromatic nitrogens is 3. The molecule has 0 aliphatic rings.